The first-order valence-electron chi connectivity index (χ1n) is 6.78. The van der Waals surface area contributed by atoms with Crippen LogP contribution in [0, 0.1) is 0 Å². The Morgan fingerprint density at radius 1 is 1.16 bits per heavy atom. The molecule has 0 atom stereocenters. The molecule has 0 amide bonds. The maximum Gasteiger partial charge on any atom is 0.250 e. The van der Waals surface area contributed by atoms with Gasteiger partial charge in [0.2, 0.25) is 8.32 Å². The zero-order valence-electron chi connectivity index (χ0n) is 13.2. The SMILES string of the molecule is CC(C)Oc1cc(O[Si](C)(C)C(C)(C)C)ccc1N. The second kappa shape index (κ2) is 5.45. The van der Waals surface area contributed by atoms with Gasteiger partial charge in [-0.05, 0) is 44.1 Å². The van der Waals surface area contributed by atoms with Crippen LogP contribution < -0.4 is 14.9 Å². The number of anilines is 1. The molecule has 0 bridgehead atoms. The van der Waals surface area contributed by atoms with Crippen LogP contribution in [-0.2, 0) is 0 Å². The van der Waals surface area contributed by atoms with Gasteiger partial charge in [-0.25, -0.2) is 0 Å². The van der Waals surface area contributed by atoms with E-state index in [9.17, 15) is 0 Å². The third-order valence-corrected chi connectivity index (χ3v) is 7.89. The van der Waals surface area contributed by atoms with Crippen LogP contribution in [-0.4, -0.2) is 14.4 Å². The standard InChI is InChI=1S/C15H27NO2Si/c1-11(2)17-14-10-12(8-9-13(14)16)18-19(6,7)15(3,4)5/h8-11H,16H2,1-7H3. The zero-order chi connectivity index (χ0) is 14.8. The molecule has 1 aromatic rings. The van der Waals surface area contributed by atoms with Crippen molar-refractivity contribution in [3.05, 3.63) is 18.2 Å². The molecule has 0 heterocycles. The van der Waals surface area contributed by atoms with E-state index in [1.54, 1.807) is 0 Å². The summed E-state index contributed by atoms with van der Waals surface area (Å²) in [5, 5.41) is 0.174. The van der Waals surface area contributed by atoms with Crippen LogP contribution in [0.15, 0.2) is 18.2 Å². The molecular formula is C15H27NO2Si. The highest BCUT2D eigenvalue weighted by Crippen LogP contribution is 2.38. The van der Waals surface area contributed by atoms with Crippen LogP contribution in [0.25, 0.3) is 0 Å². The Labute approximate surface area is 118 Å². The second-order valence-electron chi connectivity index (χ2n) is 6.73. The predicted octanol–water partition coefficient (Wildman–Crippen LogP) is 4.44. The van der Waals surface area contributed by atoms with Crippen molar-refractivity contribution in [2.75, 3.05) is 5.73 Å². The van der Waals surface area contributed by atoms with E-state index in [4.69, 9.17) is 14.9 Å². The highest BCUT2D eigenvalue weighted by atomic mass is 28.4. The van der Waals surface area contributed by atoms with Crippen molar-refractivity contribution in [3.63, 3.8) is 0 Å². The minimum Gasteiger partial charge on any atom is -0.543 e. The first-order valence-corrected chi connectivity index (χ1v) is 9.69. The quantitative estimate of drug-likeness (QED) is 0.655. The highest BCUT2D eigenvalue weighted by Gasteiger charge is 2.39. The van der Waals surface area contributed by atoms with Crippen molar-refractivity contribution in [3.8, 4) is 11.5 Å². The molecule has 0 saturated heterocycles. The number of benzene rings is 1. The fraction of sp³-hybridized carbons (Fsp3) is 0.600. The second-order valence-corrected chi connectivity index (χ2v) is 11.5. The van der Waals surface area contributed by atoms with Crippen LogP contribution in [0.2, 0.25) is 18.1 Å². The van der Waals surface area contributed by atoms with E-state index in [0.29, 0.717) is 11.4 Å². The lowest BCUT2D eigenvalue weighted by molar-refractivity contribution is 0.243. The third kappa shape index (κ3) is 4.16. The lowest BCUT2D eigenvalue weighted by Gasteiger charge is -2.36. The predicted molar refractivity (Wildman–Crippen MR) is 84.4 cm³/mol. The van der Waals surface area contributed by atoms with Crippen LogP contribution in [0.5, 0.6) is 11.5 Å². The molecule has 0 unspecified atom stereocenters. The molecule has 0 aliphatic carbocycles. The number of nitrogens with two attached hydrogens (primary N) is 1. The lowest BCUT2D eigenvalue weighted by atomic mass is 10.2. The zero-order valence-corrected chi connectivity index (χ0v) is 14.2. The minimum atomic E-state index is -1.82. The Bertz CT molecular complexity index is 436. The molecule has 108 valence electrons. The average Bonchev–Trinajstić information content (AvgIpc) is 2.20. The summed E-state index contributed by atoms with van der Waals surface area (Å²) in [6, 6.07) is 5.67. The number of hydrogen-bond acceptors (Lipinski definition) is 3. The van der Waals surface area contributed by atoms with Gasteiger partial charge in [-0.3, -0.25) is 0 Å². The Kier molecular flexibility index (Phi) is 4.56. The summed E-state index contributed by atoms with van der Waals surface area (Å²) in [6.07, 6.45) is 0.102. The topological polar surface area (TPSA) is 44.5 Å². The van der Waals surface area contributed by atoms with Crippen LogP contribution in [0.3, 0.4) is 0 Å². The van der Waals surface area contributed by atoms with Crippen molar-refractivity contribution < 1.29 is 9.16 Å². The van der Waals surface area contributed by atoms with Gasteiger partial charge in [-0.15, -0.1) is 0 Å². The fourth-order valence-electron chi connectivity index (χ4n) is 1.38. The number of nitrogen functional groups attached to an aromatic ring is 1. The van der Waals surface area contributed by atoms with Gasteiger partial charge < -0.3 is 14.9 Å². The Morgan fingerprint density at radius 3 is 2.21 bits per heavy atom. The Balaban J connectivity index is 2.97. The van der Waals surface area contributed by atoms with E-state index in [-0.39, 0.29) is 11.1 Å². The monoisotopic (exact) mass is 281 g/mol. The molecule has 0 saturated carbocycles. The van der Waals surface area contributed by atoms with E-state index < -0.39 is 8.32 Å². The summed E-state index contributed by atoms with van der Waals surface area (Å²) in [5.41, 5.74) is 6.57. The molecular weight excluding hydrogens is 254 g/mol. The summed E-state index contributed by atoms with van der Waals surface area (Å²) in [5.74, 6) is 1.54. The number of ether oxygens (including phenoxy) is 1. The van der Waals surface area contributed by atoms with Crippen LogP contribution in [0.1, 0.15) is 34.6 Å². The first kappa shape index (κ1) is 15.9. The van der Waals surface area contributed by atoms with E-state index in [0.717, 1.165) is 5.75 Å². The number of rotatable bonds is 4. The summed E-state index contributed by atoms with van der Waals surface area (Å²) >= 11 is 0. The van der Waals surface area contributed by atoms with Crippen molar-refractivity contribution in [1.82, 2.24) is 0 Å². The van der Waals surface area contributed by atoms with Gasteiger partial charge in [-0.2, -0.15) is 0 Å². The smallest absolute Gasteiger partial charge is 0.250 e. The molecule has 0 aliphatic rings. The molecule has 2 N–H and O–H groups in total. The van der Waals surface area contributed by atoms with Crippen molar-refractivity contribution in [2.45, 2.75) is 58.9 Å². The van der Waals surface area contributed by atoms with Gasteiger partial charge in [0, 0.05) is 6.07 Å². The van der Waals surface area contributed by atoms with Gasteiger partial charge in [0.15, 0.2) is 0 Å². The molecule has 0 spiro atoms. The minimum absolute atomic E-state index is 0.102. The number of hydrogen-bond donors (Lipinski definition) is 1. The summed E-state index contributed by atoms with van der Waals surface area (Å²) in [6.45, 7) is 15.1. The van der Waals surface area contributed by atoms with Crippen LogP contribution in [0.4, 0.5) is 5.69 Å². The van der Waals surface area contributed by atoms with Gasteiger partial charge >= 0.3 is 0 Å². The van der Waals surface area contributed by atoms with E-state index in [2.05, 4.69) is 33.9 Å². The fourth-order valence-corrected chi connectivity index (χ4v) is 2.40. The Morgan fingerprint density at radius 2 is 1.74 bits per heavy atom. The molecule has 0 radical (unpaired) electrons. The molecule has 4 heteroatoms. The Hall–Kier alpha value is -1.16. The first-order chi connectivity index (χ1) is 8.53. The summed E-state index contributed by atoms with van der Waals surface area (Å²) < 4.78 is 11.9. The van der Waals surface area contributed by atoms with Gasteiger partial charge in [-0.1, -0.05) is 20.8 Å². The molecule has 0 aliphatic heterocycles. The van der Waals surface area contributed by atoms with Crippen molar-refractivity contribution in [1.29, 1.82) is 0 Å². The summed E-state index contributed by atoms with van der Waals surface area (Å²) in [4.78, 5) is 0. The normalized spacial score (nSPS) is 12.6. The molecule has 0 fully saturated rings. The van der Waals surface area contributed by atoms with Gasteiger partial charge in [0.05, 0.1) is 11.8 Å². The van der Waals surface area contributed by atoms with E-state index >= 15 is 0 Å². The lowest BCUT2D eigenvalue weighted by Crippen LogP contribution is -2.43. The third-order valence-electron chi connectivity index (χ3n) is 3.53. The maximum absolute atomic E-state index is 6.25. The molecule has 1 aromatic carbocycles. The summed E-state index contributed by atoms with van der Waals surface area (Å²) in [7, 11) is -1.82. The molecule has 1 rings (SSSR count). The van der Waals surface area contributed by atoms with E-state index in [1.165, 1.54) is 0 Å². The largest absolute Gasteiger partial charge is 0.543 e. The molecule has 0 aromatic heterocycles. The highest BCUT2D eigenvalue weighted by molar-refractivity contribution is 6.74. The molecule has 19 heavy (non-hydrogen) atoms. The van der Waals surface area contributed by atoms with Crippen LogP contribution >= 0.6 is 0 Å². The maximum atomic E-state index is 6.25. The van der Waals surface area contributed by atoms with Crippen molar-refractivity contribution in [2.24, 2.45) is 0 Å². The van der Waals surface area contributed by atoms with Gasteiger partial charge in [0.25, 0.3) is 0 Å². The van der Waals surface area contributed by atoms with Crippen molar-refractivity contribution >= 4 is 14.0 Å². The molecule has 3 nitrogen and oxygen atoms in total. The van der Waals surface area contributed by atoms with E-state index in [1.807, 2.05) is 32.0 Å². The van der Waals surface area contributed by atoms with Gasteiger partial charge in [0.1, 0.15) is 11.5 Å². The average molecular weight is 281 g/mol.